The maximum atomic E-state index is 14.8. The first-order chi connectivity index (χ1) is 29.8. The van der Waals surface area contributed by atoms with Crippen LogP contribution in [0.3, 0.4) is 0 Å². The van der Waals surface area contributed by atoms with Gasteiger partial charge in [0.25, 0.3) is 17.7 Å². The van der Waals surface area contributed by atoms with Crippen molar-refractivity contribution in [2.45, 2.75) is 63.3 Å². The summed E-state index contributed by atoms with van der Waals surface area (Å²) in [4.78, 5) is 72.3. The zero-order chi connectivity index (χ0) is 44.0. The van der Waals surface area contributed by atoms with E-state index in [0.29, 0.717) is 49.2 Å². The molecule has 0 radical (unpaired) electrons. The van der Waals surface area contributed by atoms with Gasteiger partial charge in [0.15, 0.2) is 0 Å². The molecule has 7 rings (SSSR count). The van der Waals surface area contributed by atoms with E-state index in [4.69, 9.17) is 9.47 Å². The number of methoxy groups -OCH3 is 1. The lowest BCUT2D eigenvalue weighted by Crippen LogP contribution is -2.54. The number of amides is 5. The molecule has 5 amide bonds. The molecule has 1 saturated heterocycles. The normalized spacial score (nSPS) is 15.8. The van der Waals surface area contributed by atoms with Crippen LogP contribution >= 0.6 is 0 Å². The minimum absolute atomic E-state index is 0.0204. The molecule has 322 valence electrons. The lowest BCUT2D eigenvalue weighted by molar-refractivity contribution is -0.136. The van der Waals surface area contributed by atoms with Gasteiger partial charge in [-0.05, 0) is 73.7 Å². The molecule has 3 aromatic heterocycles. The summed E-state index contributed by atoms with van der Waals surface area (Å²) in [5.74, 6) is -3.11. The van der Waals surface area contributed by atoms with Crippen molar-refractivity contribution in [1.82, 2.24) is 35.2 Å². The van der Waals surface area contributed by atoms with Gasteiger partial charge in [-0.2, -0.15) is 4.36 Å². The Bertz CT molecular complexity index is 2700. The maximum Gasteiger partial charge on any atom is 0.266 e. The molecule has 0 bridgehead atoms. The number of fused-ring (bicyclic) bond motifs is 1. The van der Waals surface area contributed by atoms with Gasteiger partial charge in [-0.1, -0.05) is 11.3 Å². The van der Waals surface area contributed by atoms with E-state index in [1.165, 1.54) is 43.8 Å². The number of hydrogen-bond donors (Lipinski definition) is 2. The number of carbonyl (C=O) groups excluding carboxylic acids is 5. The fraction of sp³-hybridized carbons (Fsp3) is 0.310. The van der Waals surface area contributed by atoms with Gasteiger partial charge < -0.3 is 14.8 Å². The Balaban J connectivity index is 0.847. The molecule has 0 saturated carbocycles. The molecular weight excluding hydrogens is 829 g/mol. The number of piperidine rings is 1. The van der Waals surface area contributed by atoms with Crippen molar-refractivity contribution < 1.29 is 46.4 Å². The van der Waals surface area contributed by atoms with Crippen LogP contribution in [0.1, 0.15) is 70.5 Å². The van der Waals surface area contributed by atoms with Crippen LogP contribution in [0, 0.1) is 11.6 Å². The van der Waals surface area contributed by atoms with Crippen molar-refractivity contribution in [3.8, 4) is 22.6 Å². The van der Waals surface area contributed by atoms with Crippen molar-refractivity contribution >= 4 is 50.9 Å². The predicted octanol–water partition coefficient (Wildman–Crippen LogP) is 5.17. The molecule has 2 unspecified atom stereocenters. The quantitative estimate of drug-likeness (QED) is 0.0912. The summed E-state index contributed by atoms with van der Waals surface area (Å²) in [6, 6.07) is 12.1. The molecular formula is C42H41F2N9O8S. The standard InChI is InChI=1S/C42H41F2N9O8S/c1-60-34-20-26(43)11-12-28(34)30-21-36(46-22-31(30)44)47-35-19-25(15-16-45-35)24-62(2,59)50-38(55)10-4-3-7-27-23-52(51-49-27)17-6-18-61-33-9-5-8-29-39(33)42(58)53(41(29)57)32-13-14-37(54)48-40(32)56/h5,8-9,11-12,15-16,19-23,32H,3-4,6-7,10,13-14,17-18,24H2,1-2H3,(H,45,46,47)(H,48,54,56). The Kier molecular flexibility index (Phi) is 13.0. The smallest absolute Gasteiger partial charge is 0.266 e. The maximum absolute atomic E-state index is 14.8. The topological polar surface area (TPSA) is 217 Å². The summed E-state index contributed by atoms with van der Waals surface area (Å²) in [5.41, 5.74) is 2.00. The second kappa shape index (κ2) is 18.8. The summed E-state index contributed by atoms with van der Waals surface area (Å²) < 4.78 is 58.7. The molecule has 2 aromatic carbocycles. The lowest BCUT2D eigenvalue weighted by Gasteiger charge is -2.27. The number of unbranched alkanes of at least 4 members (excludes halogenated alkanes) is 1. The van der Waals surface area contributed by atoms with Crippen LogP contribution in [0.2, 0.25) is 0 Å². The number of aromatic nitrogens is 5. The Morgan fingerprint density at radius 2 is 1.79 bits per heavy atom. The summed E-state index contributed by atoms with van der Waals surface area (Å²) in [6.07, 6.45) is 8.05. The minimum Gasteiger partial charge on any atom is -0.496 e. The molecule has 5 aromatic rings. The van der Waals surface area contributed by atoms with Crippen LogP contribution in [0.25, 0.3) is 11.1 Å². The Morgan fingerprint density at radius 3 is 2.60 bits per heavy atom. The first-order valence-corrected chi connectivity index (χ1v) is 21.7. The van der Waals surface area contributed by atoms with Crippen molar-refractivity contribution in [2.24, 2.45) is 4.36 Å². The van der Waals surface area contributed by atoms with Gasteiger partial charge in [0.05, 0.1) is 52.2 Å². The van der Waals surface area contributed by atoms with E-state index >= 15 is 0 Å². The van der Waals surface area contributed by atoms with E-state index in [0.717, 1.165) is 22.9 Å². The van der Waals surface area contributed by atoms with Crippen LogP contribution in [-0.2, 0) is 42.8 Å². The van der Waals surface area contributed by atoms with E-state index in [1.807, 2.05) is 0 Å². The zero-order valence-corrected chi connectivity index (χ0v) is 34.5. The number of anilines is 2. The highest BCUT2D eigenvalue weighted by Gasteiger charge is 2.46. The fourth-order valence-electron chi connectivity index (χ4n) is 7.12. The largest absolute Gasteiger partial charge is 0.496 e. The summed E-state index contributed by atoms with van der Waals surface area (Å²) >= 11 is 0. The van der Waals surface area contributed by atoms with Crippen molar-refractivity contribution in [2.75, 3.05) is 25.3 Å². The monoisotopic (exact) mass is 869 g/mol. The number of rotatable bonds is 17. The third-order valence-corrected chi connectivity index (χ3v) is 11.5. The van der Waals surface area contributed by atoms with Crippen LogP contribution in [0.4, 0.5) is 20.4 Å². The van der Waals surface area contributed by atoms with Crippen molar-refractivity contribution in [1.29, 1.82) is 0 Å². The molecule has 62 heavy (non-hydrogen) atoms. The number of imide groups is 2. The number of benzene rings is 2. The van der Waals surface area contributed by atoms with E-state index in [-0.39, 0.29) is 65.6 Å². The molecule has 2 aliphatic heterocycles. The van der Waals surface area contributed by atoms with Gasteiger partial charge in [-0.15, -0.1) is 5.10 Å². The third kappa shape index (κ3) is 10.1. The Hall–Kier alpha value is -6.96. The SMILES string of the molecule is COc1cc(F)ccc1-c1cc(Nc2cc(CS(C)(=O)=NC(=O)CCCCc3cn(CCCOc4cccc5c4C(=O)N(C4CCC(=O)NC4=O)C5=O)nn3)ccn2)ncc1F. The van der Waals surface area contributed by atoms with Crippen molar-refractivity contribution in [3.05, 3.63) is 107 Å². The number of hydrogen-bond acceptors (Lipinski definition) is 13. The highest BCUT2D eigenvalue weighted by atomic mass is 32.2. The van der Waals surface area contributed by atoms with Gasteiger partial charge in [-0.25, -0.2) is 23.0 Å². The van der Waals surface area contributed by atoms with Gasteiger partial charge >= 0.3 is 0 Å². The van der Waals surface area contributed by atoms with Crippen LogP contribution in [0.15, 0.2) is 77.6 Å². The number of aryl methyl sites for hydroxylation is 2. The fourth-order valence-corrected chi connectivity index (χ4v) is 8.51. The second-order valence-electron chi connectivity index (χ2n) is 14.7. The lowest BCUT2D eigenvalue weighted by atomic mass is 10.0. The number of nitrogens with zero attached hydrogens (tertiary/aromatic N) is 7. The van der Waals surface area contributed by atoms with Gasteiger partial charge in [0, 0.05) is 61.6 Å². The average molecular weight is 870 g/mol. The zero-order valence-electron chi connectivity index (χ0n) is 33.6. The van der Waals surface area contributed by atoms with Crippen LogP contribution in [-0.4, -0.2) is 89.6 Å². The molecule has 17 nitrogen and oxygen atoms in total. The van der Waals surface area contributed by atoms with Crippen LogP contribution < -0.4 is 20.1 Å². The second-order valence-corrected chi connectivity index (χ2v) is 17.1. The predicted molar refractivity (Wildman–Crippen MR) is 220 cm³/mol. The summed E-state index contributed by atoms with van der Waals surface area (Å²) in [5, 5.41) is 13.5. The van der Waals surface area contributed by atoms with Gasteiger partial charge in [0.2, 0.25) is 11.8 Å². The highest BCUT2D eigenvalue weighted by molar-refractivity contribution is 7.92. The molecule has 0 aliphatic carbocycles. The Morgan fingerprint density at radius 1 is 0.968 bits per heavy atom. The van der Waals surface area contributed by atoms with Gasteiger partial charge in [-0.3, -0.25) is 38.9 Å². The molecule has 0 spiro atoms. The Labute approximate surface area is 354 Å². The first kappa shape index (κ1) is 43.1. The molecule has 20 heteroatoms. The molecule has 2 aliphatic rings. The van der Waals surface area contributed by atoms with E-state index < -0.39 is 56.9 Å². The number of nitrogens with one attached hydrogen (secondary N) is 2. The van der Waals surface area contributed by atoms with E-state index in [2.05, 4.69) is 35.3 Å². The average Bonchev–Trinajstić information content (AvgIpc) is 3.79. The molecule has 5 heterocycles. The first-order valence-electron chi connectivity index (χ1n) is 19.6. The van der Waals surface area contributed by atoms with E-state index in [1.54, 1.807) is 35.1 Å². The number of halogens is 2. The van der Waals surface area contributed by atoms with Gasteiger partial charge in [0.1, 0.15) is 40.8 Å². The summed E-state index contributed by atoms with van der Waals surface area (Å²) in [7, 11) is -1.59. The number of carbonyl (C=O) groups is 5. The molecule has 2 atom stereocenters. The molecule has 1 fully saturated rings. The third-order valence-electron chi connectivity index (χ3n) is 10.00. The van der Waals surface area contributed by atoms with E-state index in [9.17, 15) is 37.0 Å². The number of ether oxygens (including phenoxy) is 2. The minimum atomic E-state index is -2.95. The highest BCUT2D eigenvalue weighted by Crippen LogP contribution is 2.35. The number of pyridine rings is 2. The van der Waals surface area contributed by atoms with Crippen molar-refractivity contribution in [3.63, 3.8) is 0 Å². The van der Waals surface area contributed by atoms with Crippen LogP contribution in [0.5, 0.6) is 11.5 Å². The molecule has 2 N–H and O–H groups in total. The summed E-state index contributed by atoms with van der Waals surface area (Å²) in [6.45, 7) is 0.646.